The van der Waals surface area contributed by atoms with Crippen LogP contribution in [0, 0.1) is 6.92 Å². The van der Waals surface area contributed by atoms with Crippen molar-refractivity contribution >= 4 is 22.6 Å². The van der Waals surface area contributed by atoms with Gasteiger partial charge in [0, 0.05) is 18.7 Å². The number of amides is 1. The zero-order valence-electron chi connectivity index (χ0n) is 13.0. The van der Waals surface area contributed by atoms with Gasteiger partial charge in [0.15, 0.2) is 0 Å². The molecule has 2 aromatic carbocycles. The first-order valence-corrected chi connectivity index (χ1v) is 7.57. The lowest BCUT2D eigenvalue weighted by molar-refractivity contribution is -0.116. The molecular weight excluding hydrogens is 290 g/mol. The van der Waals surface area contributed by atoms with Crippen molar-refractivity contribution in [1.82, 2.24) is 9.55 Å². The predicted octanol–water partition coefficient (Wildman–Crippen LogP) is 2.87. The SMILES string of the molecule is Cc1ccc(CO)cc1NC(=O)CCn1cnc2ccccc21. The van der Waals surface area contributed by atoms with Crippen LogP contribution in [0.3, 0.4) is 0 Å². The van der Waals surface area contributed by atoms with Crippen LogP contribution in [0.25, 0.3) is 11.0 Å². The molecule has 5 nitrogen and oxygen atoms in total. The number of aryl methyl sites for hydroxylation is 2. The molecule has 3 rings (SSSR count). The Morgan fingerprint density at radius 2 is 2.09 bits per heavy atom. The maximum atomic E-state index is 12.2. The van der Waals surface area contributed by atoms with E-state index in [1.807, 2.05) is 47.9 Å². The molecule has 0 aliphatic heterocycles. The minimum Gasteiger partial charge on any atom is -0.392 e. The van der Waals surface area contributed by atoms with Crippen molar-refractivity contribution in [3.63, 3.8) is 0 Å². The number of anilines is 1. The van der Waals surface area contributed by atoms with E-state index in [0.29, 0.717) is 13.0 Å². The average molecular weight is 309 g/mol. The minimum atomic E-state index is -0.0547. The van der Waals surface area contributed by atoms with Gasteiger partial charge in [-0.1, -0.05) is 24.3 Å². The Kier molecular flexibility index (Phi) is 4.39. The van der Waals surface area contributed by atoms with Crippen LogP contribution in [0.5, 0.6) is 0 Å². The summed E-state index contributed by atoms with van der Waals surface area (Å²) < 4.78 is 1.98. The molecule has 1 heterocycles. The topological polar surface area (TPSA) is 67.2 Å². The normalized spacial score (nSPS) is 10.9. The second-order valence-electron chi connectivity index (χ2n) is 5.53. The Balaban J connectivity index is 1.66. The number of rotatable bonds is 5. The van der Waals surface area contributed by atoms with Crippen LogP contribution in [0.4, 0.5) is 5.69 Å². The third-order valence-electron chi connectivity index (χ3n) is 3.87. The van der Waals surface area contributed by atoms with Crippen molar-refractivity contribution in [1.29, 1.82) is 0 Å². The first-order valence-electron chi connectivity index (χ1n) is 7.57. The summed E-state index contributed by atoms with van der Waals surface area (Å²) in [4.78, 5) is 16.5. The second-order valence-corrected chi connectivity index (χ2v) is 5.53. The highest BCUT2D eigenvalue weighted by molar-refractivity contribution is 5.91. The van der Waals surface area contributed by atoms with E-state index in [4.69, 9.17) is 0 Å². The summed E-state index contributed by atoms with van der Waals surface area (Å²) in [5.74, 6) is -0.0547. The number of hydrogen-bond acceptors (Lipinski definition) is 3. The number of carbonyl (C=O) groups is 1. The van der Waals surface area contributed by atoms with Crippen LogP contribution in [0.2, 0.25) is 0 Å². The van der Waals surface area contributed by atoms with E-state index in [9.17, 15) is 9.90 Å². The van der Waals surface area contributed by atoms with E-state index in [1.54, 1.807) is 12.4 Å². The summed E-state index contributed by atoms with van der Waals surface area (Å²) in [6.07, 6.45) is 2.12. The number of aromatic nitrogens is 2. The van der Waals surface area contributed by atoms with E-state index in [-0.39, 0.29) is 12.5 Å². The Morgan fingerprint density at radius 1 is 1.26 bits per heavy atom. The van der Waals surface area contributed by atoms with Gasteiger partial charge in [-0.3, -0.25) is 4.79 Å². The van der Waals surface area contributed by atoms with Crippen LogP contribution < -0.4 is 5.32 Å². The Morgan fingerprint density at radius 3 is 2.91 bits per heavy atom. The standard InChI is InChI=1S/C18H19N3O2/c1-13-6-7-14(11-22)10-16(13)20-18(23)8-9-21-12-19-15-4-2-3-5-17(15)21/h2-7,10,12,22H,8-9,11H2,1H3,(H,20,23). The van der Waals surface area contributed by atoms with Crippen molar-refractivity contribution in [2.24, 2.45) is 0 Å². The number of imidazole rings is 1. The number of aliphatic hydroxyl groups excluding tert-OH is 1. The number of para-hydroxylation sites is 2. The monoisotopic (exact) mass is 309 g/mol. The molecule has 3 aromatic rings. The maximum Gasteiger partial charge on any atom is 0.226 e. The third-order valence-corrected chi connectivity index (χ3v) is 3.87. The molecule has 0 radical (unpaired) electrons. The zero-order chi connectivity index (χ0) is 16.2. The van der Waals surface area contributed by atoms with Gasteiger partial charge in [-0.05, 0) is 36.2 Å². The lowest BCUT2D eigenvalue weighted by Gasteiger charge is -2.10. The summed E-state index contributed by atoms with van der Waals surface area (Å²) >= 11 is 0. The molecule has 23 heavy (non-hydrogen) atoms. The Bertz CT molecular complexity index is 839. The molecule has 0 unspecified atom stereocenters. The smallest absolute Gasteiger partial charge is 0.226 e. The summed E-state index contributed by atoms with van der Waals surface area (Å²) in [7, 11) is 0. The number of fused-ring (bicyclic) bond motifs is 1. The third kappa shape index (κ3) is 3.40. The fourth-order valence-electron chi connectivity index (χ4n) is 2.53. The molecule has 0 atom stereocenters. The van der Waals surface area contributed by atoms with Gasteiger partial charge < -0.3 is 15.0 Å². The van der Waals surface area contributed by atoms with Gasteiger partial charge in [0.1, 0.15) is 0 Å². The first-order chi connectivity index (χ1) is 11.2. The van der Waals surface area contributed by atoms with Gasteiger partial charge in [0.2, 0.25) is 5.91 Å². The molecule has 0 saturated heterocycles. The predicted molar refractivity (Wildman–Crippen MR) is 90.1 cm³/mol. The van der Waals surface area contributed by atoms with E-state index in [1.165, 1.54) is 0 Å². The highest BCUT2D eigenvalue weighted by Gasteiger charge is 2.08. The molecule has 118 valence electrons. The molecule has 0 aliphatic rings. The molecular formula is C18H19N3O2. The molecule has 0 spiro atoms. The molecule has 0 aliphatic carbocycles. The molecule has 1 amide bonds. The van der Waals surface area contributed by atoms with Crippen LogP contribution in [-0.4, -0.2) is 20.6 Å². The number of benzene rings is 2. The number of aliphatic hydroxyl groups is 1. The maximum absolute atomic E-state index is 12.2. The highest BCUT2D eigenvalue weighted by Crippen LogP contribution is 2.18. The van der Waals surface area contributed by atoms with Crippen molar-refractivity contribution < 1.29 is 9.90 Å². The zero-order valence-corrected chi connectivity index (χ0v) is 13.0. The summed E-state index contributed by atoms with van der Waals surface area (Å²) in [5.41, 5.74) is 4.46. The second kappa shape index (κ2) is 6.62. The Labute approximate surface area is 134 Å². The van der Waals surface area contributed by atoms with E-state index < -0.39 is 0 Å². The molecule has 0 saturated carbocycles. The molecule has 0 fully saturated rings. The molecule has 2 N–H and O–H groups in total. The Hall–Kier alpha value is -2.66. The van der Waals surface area contributed by atoms with Crippen LogP contribution in [0.15, 0.2) is 48.8 Å². The number of carbonyl (C=O) groups excluding carboxylic acids is 1. The summed E-state index contributed by atoms with van der Waals surface area (Å²) in [6, 6.07) is 13.4. The van der Waals surface area contributed by atoms with Gasteiger partial charge in [0.05, 0.1) is 24.0 Å². The van der Waals surface area contributed by atoms with Crippen molar-refractivity contribution in [3.05, 3.63) is 59.9 Å². The first kappa shape index (κ1) is 15.2. The fraction of sp³-hybridized carbons (Fsp3) is 0.222. The fourth-order valence-corrected chi connectivity index (χ4v) is 2.53. The summed E-state index contributed by atoms with van der Waals surface area (Å²) in [5, 5.41) is 12.1. The summed E-state index contributed by atoms with van der Waals surface area (Å²) in [6.45, 7) is 2.47. The number of nitrogens with zero attached hydrogens (tertiary/aromatic N) is 2. The van der Waals surface area contributed by atoms with Crippen LogP contribution >= 0.6 is 0 Å². The van der Waals surface area contributed by atoms with E-state index in [0.717, 1.165) is 27.8 Å². The average Bonchev–Trinajstić information content (AvgIpc) is 2.98. The molecule has 0 bridgehead atoms. The largest absolute Gasteiger partial charge is 0.392 e. The lowest BCUT2D eigenvalue weighted by Crippen LogP contribution is -2.15. The lowest BCUT2D eigenvalue weighted by atomic mass is 10.1. The van der Waals surface area contributed by atoms with Gasteiger partial charge >= 0.3 is 0 Å². The molecule has 5 heteroatoms. The molecule has 1 aromatic heterocycles. The van der Waals surface area contributed by atoms with Gasteiger partial charge in [-0.15, -0.1) is 0 Å². The number of hydrogen-bond donors (Lipinski definition) is 2. The van der Waals surface area contributed by atoms with Crippen LogP contribution in [0.1, 0.15) is 17.5 Å². The van der Waals surface area contributed by atoms with Gasteiger partial charge in [-0.25, -0.2) is 4.98 Å². The van der Waals surface area contributed by atoms with Crippen LogP contribution in [-0.2, 0) is 17.9 Å². The van der Waals surface area contributed by atoms with Crippen molar-refractivity contribution in [2.75, 3.05) is 5.32 Å². The quantitative estimate of drug-likeness (QED) is 0.761. The van der Waals surface area contributed by atoms with E-state index >= 15 is 0 Å². The van der Waals surface area contributed by atoms with Crippen molar-refractivity contribution in [3.8, 4) is 0 Å². The van der Waals surface area contributed by atoms with Gasteiger partial charge in [0.25, 0.3) is 0 Å². The number of nitrogens with one attached hydrogen (secondary N) is 1. The highest BCUT2D eigenvalue weighted by atomic mass is 16.3. The minimum absolute atomic E-state index is 0.0375. The van der Waals surface area contributed by atoms with E-state index in [2.05, 4.69) is 10.3 Å². The van der Waals surface area contributed by atoms with Gasteiger partial charge in [-0.2, -0.15) is 0 Å². The van der Waals surface area contributed by atoms with Crippen molar-refractivity contribution in [2.45, 2.75) is 26.5 Å².